The van der Waals surface area contributed by atoms with Crippen LogP contribution in [-0.2, 0) is 0 Å². The molecule has 2 aliphatic rings. The van der Waals surface area contributed by atoms with Gasteiger partial charge >= 0.3 is 0 Å². The van der Waals surface area contributed by atoms with Gasteiger partial charge < -0.3 is 0 Å². The smallest absolute Gasteiger partial charge is 0.0241 e. The molecular weight excluding hydrogens is 156 g/mol. The van der Waals surface area contributed by atoms with Crippen LogP contribution in [-0.4, -0.2) is 0 Å². The van der Waals surface area contributed by atoms with E-state index in [1.807, 2.05) is 0 Å². The normalized spacial score (nSPS) is 58.6. The molecule has 0 radical (unpaired) electrons. The Labute approximate surface area is 83.1 Å². The largest absolute Gasteiger partial charge is 0.0617 e. The molecule has 0 amide bonds. The number of hydrogen-bond donors (Lipinski definition) is 0. The van der Waals surface area contributed by atoms with Crippen molar-refractivity contribution >= 4 is 0 Å². The van der Waals surface area contributed by atoms with Gasteiger partial charge in [-0.3, -0.25) is 0 Å². The van der Waals surface area contributed by atoms with E-state index in [0.29, 0.717) is 16.2 Å². The summed E-state index contributed by atoms with van der Waals surface area (Å²) < 4.78 is 0. The molecule has 0 heterocycles. The Morgan fingerprint density at radius 3 is 1.23 bits per heavy atom. The molecule has 2 aliphatic carbocycles. The van der Waals surface area contributed by atoms with Crippen LogP contribution < -0.4 is 0 Å². The minimum Gasteiger partial charge on any atom is -0.0617 e. The lowest BCUT2D eigenvalue weighted by Gasteiger charge is -2.40. The van der Waals surface area contributed by atoms with E-state index >= 15 is 0 Å². The molecule has 76 valence electrons. The molecule has 2 bridgehead atoms. The molecule has 0 saturated heterocycles. The molecular formula is C13H24. The Morgan fingerprint density at radius 2 is 1.08 bits per heavy atom. The van der Waals surface area contributed by atoms with Gasteiger partial charge in [0.2, 0.25) is 0 Å². The number of hydrogen-bond acceptors (Lipinski definition) is 0. The highest BCUT2D eigenvalue weighted by Gasteiger charge is 2.68. The van der Waals surface area contributed by atoms with Gasteiger partial charge in [-0.2, -0.15) is 0 Å². The minimum atomic E-state index is 0.541. The first-order chi connectivity index (χ1) is 5.77. The Morgan fingerprint density at radius 1 is 0.769 bits per heavy atom. The molecule has 2 saturated carbocycles. The quantitative estimate of drug-likeness (QED) is 0.526. The Hall–Kier alpha value is 0. The average Bonchev–Trinajstić information content (AvgIpc) is 2.28. The molecule has 0 spiro atoms. The van der Waals surface area contributed by atoms with Crippen molar-refractivity contribution in [3.63, 3.8) is 0 Å². The molecule has 4 atom stereocenters. The van der Waals surface area contributed by atoms with Gasteiger partial charge in [0.25, 0.3) is 0 Å². The van der Waals surface area contributed by atoms with Gasteiger partial charge in [-0.25, -0.2) is 0 Å². The van der Waals surface area contributed by atoms with Crippen molar-refractivity contribution in [2.24, 2.45) is 28.1 Å². The standard InChI is InChI=1S/C13H24/c1-9-10(2)13(6)8-7-12(9,5)11(13,3)4/h9-10H,7-8H2,1-6H3. The number of rotatable bonds is 0. The van der Waals surface area contributed by atoms with Gasteiger partial charge in [-0.05, 0) is 40.9 Å². The summed E-state index contributed by atoms with van der Waals surface area (Å²) in [7, 11) is 0. The maximum atomic E-state index is 2.52. The zero-order valence-electron chi connectivity index (χ0n) is 10.1. The van der Waals surface area contributed by atoms with Crippen molar-refractivity contribution in [3.8, 4) is 0 Å². The second-order valence-corrected chi connectivity index (χ2v) is 6.54. The summed E-state index contributed by atoms with van der Waals surface area (Å²) in [6.45, 7) is 15.0. The van der Waals surface area contributed by atoms with E-state index in [2.05, 4.69) is 41.5 Å². The van der Waals surface area contributed by atoms with Crippen molar-refractivity contribution in [3.05, 3.63) is 0 Å². The summed E-state index contributed by atoms with van der Waals surface area (Å²) in [6.07, 6.45) is 2.89. The van der Waals surface area contributed by atoms with Crippen LogP contribution in [0.15, 0.2) is 0 Å². The van der Waals surface area contributed by atoms with Crippen LogP contribution in [0.5, 0.6) is 0 Å². The summed E-state index contributed by atoms with van der Waals surface area (Å²) in [6, 6.07) is 0. The van der Waals surface area contributed by atoms with E-state index in [0.717, 1.165) is 11.8 Å². The molecule has 0 aromatic carbocycles. The fourth-order valence-electron chi connectivity index (χ4n) is 4.49. The van der Waals surface area contributed by atoms with E-state index in [-0.39, 0.29) is 0 Å². The summed E-state index contributed by atoms with van der Waals surface area (Å²) in [5.74, 6) is 1.81. The van der Waals surface area contributed by atoms with Crippen molar-refractivity contribution < 1.29 is 0 Å². The third kappa shape index (κ3) is 0.714. The lowest BCUT2D eigenvalue weighted by Crippen LogP contribution is -2.34. The van der Waals surface area contributed by atoms with E-state index < -0.39 is 0 Å². The van der Waals surface area contributed by atoms with Gasteiger partial charge in [0.05, 0.1) is 0 Å². The molecule has 13 heavy (non-hydrogen) atoms. The molecule has 0 aromatic rings. The van der Waals surface area contributed by atoms with Gasteiger partial charge in [-0.1, -0.05) is 41.5 Å². The van der Waals surface area contributed by atoms with Crippen LogP contribution in [0.4, 0.5) is 0 Å². The molecule has 2 fully saturated rings. The number of fused-ring (bicyclic) bond motifs is 2. The summed E-state index contributed by atoms with van der Waals surface area (Å²) in [5, 5.41) is 0. The van der Waals surface area contributed by atoms with Crippen LogP contribution in [0.3, 0.4) is 0 Å². The highest BCUT2D eigenvalue weighted by atomic mass is 14.7. The predicted molar refractivity (Wildman–Crippen MR) is 57.6 cm³/mol. The van der Waals surface area contributed by atoms with Crippen molar-refractivity contribution in [2.75, 3.05) is 0 Å². The van der Waals surface area contributed by atoms with E-state index in [1.54, 1.807) is 0 Å². The minimum absolute atomic E-state index is 0.541. The zero-order chi connectivity index (χ0) is 10.1. The highest BCUT2D eigenvalue weighted by molar-refractivity contribution is 5.17. The Bertz CT molecular complexity index is 211. The third-order valence-corrected chi connectivity index (χ3v) is 6.78. The van der Waals surface area contributed by atoms with Crippen LogP contribution in [0.2, 0.25) is 0 Å². The van der Waals surface area contributed by atoms with Crippen molar-refractivity contribution in [2.45, 2.75) is 54.4 Å². The van der Waals surface area contributed by atoms with Crippen LogP contribution >= 0.6 is 0 Å². The second-order valence-electron chi connectivity index (χ2n) is 6.54. The van der Waals surface area contributed by atoms with Crippen LogP contribution in [0.25, 0.3) is 0 Å². The fourth-order valence-corrected chi connectivity index (χ4v) is 4.49. The molecule has 0 aliphatic heterocycles. The monoisotopic (exact) mass is 180 g/mol. The van der Waals surface area contributed by atoms with Crippen molar-refractivity contribution in [1.29, 1.82) is 0 Å². The van der Waals surface area contributed by atoms with E-state index in [1.165, 1.54) is 12.8 Å². The predicted octanol–water partition coefficient (Wildman–Crippen LogP) is 4.10. The lowest BCUT2D eigenvalue weighted by molar-refractivity contribution is 0.0809. The molecule has 0 nitrogen and oxygen atoms in total. The summed E-state index contributed by atoms with van der Waals surface area (Å²) in [4.78, 5) is 0. The average molecular weight is 180 g/mol. The maximum absolute atomic E-state index is 2.52. The van der Waals surface area contributed by atoms with E-state index in [4.69, 9.17) is 0 Å². The highest BCUT2D eigenvalue weighted by Crippen LogP contribution is 2.76. The Kier molecular flexibility index (Phi) is 1.58. The molecule has 0 aromatic heterocycles. The zero-order valence-corrected chi connectivity index (χ0v) is 10.1. The molecule has 0 N–H and O–H groups in total. The van der Waals surface area contributed by atoms with E-state index in [9.17, 15) is 0 Å². The van der Waals surface area contributed by atoms with Gasteiger partial charge in [-0.15, -0.1) is 0 Å². The first kappa shape index (κ1) is 9.55. The molecule has 2 rings (SSSR count). The Balaban J connectivity index is 2.54. The molecule has 0 heteroatoms. The fraction of sp³-hybridized carbons (Fsp3) is 1.00. The van der Waals surface area contributed by atoms with Crippen LogP contribution in [0.1, 0.15) is 54.4 Å². The summed E-state index contributed by atoms with van der Waals surface area (Å²) in [5.41, 5.74) is 1.74. The SMILES string of the molecule is CC1C(C)C2(C)CCC1(C)C2(C)C. The topological polar surface area (TPSA) is 0 Å². The molecule has 4 unspecified atom stereocenters. The van der Waals surface area contributed by atoms with Gasteiger partial charge in [0.1, 0.15) is 0 Å². The van der Waals surface area contributed by atoms with Gasteiger partial charge in [0.15, 0.2) is 0 Å². The first-order valence-electron chi connectivity index (χ1n) is 5.77. The lowest BCUT2D eigenvalue weighted by atomic mass is 9.64. The second kappa shape index (κ2) is 2.15. The first-order valence-corrected chi connectivity index (χ1v) is 5.77. The van der Waals surface area contributed by atoms with Gasteiger partial charge in [0, 0.05) is 0 Å². The maximum Gasteiger partial charge on any atom is -0.0241 e. The van der Waals surface area contributed by atoms with Crippen molar-refractivity contribution in [1.82, 2.24) is 0 Å². The third-order valence-electron chi connectivity index (χ3n) is 6.78. The van der Waals surface area contributed by atoms with Crippen LogP contribution in [0, 0.1) is 28.1 Å². The summed E-state index contributed by atoms with van der Waals surface area (Å²) >= 11 is 0.